The minimum atomic E-state index is -3.55. The summed E-state index contributed by atoms with van der Waals surface area (Å²) in [7, 11) is -3.55. The Bertz CT molecular complexity index is 1120. The quantitative estimate of drug-likeness (QED) is 0.696. The minimum Gasteiger partial charge on any atom is -0.326 e. The first-order valence-corrected chi connectivity index (χ1v) is 12.6. The number of anilines is 2. The van der Waals surface area contributed by atoms with Gasteiger partial charge in [-0.15, -0.1) is 0 Å². The highest BCUT2D eigenvalue weighted by Crippen LogP contribution is 2.29. The van der Waals surface area contributed by atoms with Gasteiger partial charge in [-0.3, -0.25) is 9.59 Å². The number of hydrogen-bond donors (Lipinski definition) is 2. The highest BCUT2D eigenvalue weighted by Gasteiger charge is 2.32. The van der Waals surface area contributed by atoms with E-state index in [0.29, 0.717) is 48.6 Å². The molecule has 32 heavy (non-hydrogen) atoms. The van der Waals surface area contributed by atoms with Crippen molar-refractivity contribution >= 4 is 33.2 Å². The van der Waals surface area contributed by atoms with Gasteiger partial charge in [-0.1, -0.05) is 19.1 Å². The zero-order chi connectivity index (χ0) is 22.7. The molecule has 4 rings (SSSR count). The van der Waals surface area contributed by atoms with Crippen LogP contribution in [-0.4, -0.2) is 37.6 Å². The number of carbonyl (C=O) groups excluding carboxylic acids is 2. The summed E-state index contributed by atoms with van der Waals surface area (Å²) in [4.78, 5) is 24.7. The highest BCUT2D eigenvalue weighted by atomic mass is 32.2. The number of nitrogens with one attached hydrogen (secondary N) is 2. The number of benzene rings is 2. The Morgan fingerprint density at radius 2 is 1.66 bits per heavy atom. The lowest BCUT2D eigenvalue weighted by Crippen LogP contribution is -2.41. The summed E-state index contributed by atoms with van der Waals surface area (Å²) in [5, 5.41) is 5.67. The first kappa shape index (κ1) is 22.5. The van der Waals surface area contributed by atoms with Crippen LogP contribution in [0.4, 0.5) is 11.4 Å². The molecule has 7 nitrogen and oxygen atoms in total. The number of carbonyl (C=O) groups is 2. The lowest BCUT2D eigenvalue weighted by molar-refractivity contribution is -0.121. The second kappa shape index (κ2) is 9.42. The van der Waals surface area contributed by atoms with Crippen molar-refractivity contribution in [1.82, 2.24) is 4.31 Å². The molecule has 1 aliphatic carbocycles. The molecule has 0 saturated carbocycles. The summed E-state index contributed by atoms with van der Waals surface area (Å²) in [5.74, 6) is -0.473. The molecule has 0 unspecified atom stereocenters. The van der Waals surface area contributed by atoms with Gasteiger partial charge in [0.1, 0.15) is 0 Å². The second-order valence-electron chi connectivity index (χ2n) is 8.43. The molecule has 0 bridgehead atoms. The van der Waals surface area contributed by atoms with Crippen LogP contribution in [0, 0.1) is 5.92 Å². The molecule has 2 aromatic carbocycles. The number of piperidine rings is 1. The van der Waals surface area contributed by atoms with Crippen molar-refractivity contribution in [1.29, 1.82) is 0 Å². The lowest BCUT2D eigenvalue weighted by Gasteiger charge is -2.30. The fraction of sp³-hybridized carbons (Fsp3) is 0.417. The zero-order valence-electron chi connectivity index (χ0n) is 18.3. The van der Waals surface area contributed by atoms with Crippen LogP contribution >= 0.6 is 0 Å². The maximum atomic E-state index is 13.1. The van der Waals surface area contributed by atoms with Crippen LogP contribution in [0.5, 0.6) is 0 Å². The Balaban J connectivity index is 1.36. The second-order valence-corrected chi connectivity index (χ2v) is 10.4. The summed E-state index contributed by atoms with van der Waals surface area (Å²) in [5.41, 5.74) is 3.62. The van der Waals surface area contributed by atoms with Gasteiger partial charge in [0.05, 0.1) is 4.90 Å². The molecule has 0 atom stereocenters. The molecule has 2 aliphatic rings. The summed E-state index contributed by atoms with van der Waals surface area (Å²) < 4.78 is 27.7. The topological polar surface area (TPSA) is 95.6 Å². The minimum absolute atomic E-state index is 0.0922. The van der Waals surface area contributed by atoms with Crippen LogP contribution in [0.1, 0.15) is 43.7 Å². The third-order valence-corrected chi connectivity index (χ3v) is 8.16. The van der Waals surface area contributed by atoms with Crippen molar-refractivity contribution in [3.63, 3.8) is 0 Å². The number of nitrogens with zero attached hydrogens (tertiary/aromatic N) is 1. The van der Waals surface area contributed by atoms with Gasteiger partial charge in [-0.25, -0.2) is 8.42 Å². The average Bonchev–Trinajstić information content (AvgIpc) is 3.27. The van der Waals surface area contributed by atoms with E-state index >= 15 is 0 Å². The third-order valence-electron chi connectivity index (χ3n) is 6.27. The molecule has 0 spiro atoms. The Kier molecular flexibility index (Phi) is 6.62. The molecule has 8 heteroatoms. The third kappa shape index (κ3) is 4.86. The number of sulfonamides is 1. The number of fused-ring (bicyclic) bond motifs is 1. The summed E-state index contributed by atoms with van der Waals surface area (Å²) in [6, 6.07) is 12.5. The zero-order valence-corrected chi connectivity index (χ0v) is 19.1. The first-order chi connectivity index (χ1) is 15.4. The van der Waals surface area contributed by atoms with E-state index < -0.39 is 10.0 Å². The number of hydrogen-bond acceptors (Lipinski definition) is 4. The maximum absolute atomic E-state index is 13.1. The van der Waals surface area contributed by atoms with Crippen molar-refractivity contribution in [2.45, 2.75) is 50.3 Å². The smallest absolute Gasteiger partial charge is 0.243 e. The SMILES string of the molecule is CCC(=O)Nc1cccc(NC(=O)C2CCN(S(=O)(=O)c3ccc4c(c3)CCC4)CC2)c1. The van der Waals surface area contributed by atoms with Crippen molar-refractivity contribution < 1.29 is 18.0 Å². The molecule has 1 fully saturated rings. The van der Waals surface area contributed by atoms with Gasteiger partial charge in [-0.2, -0.15) is 4.31 Å². The lowest BCUT2D eigenvalue weighted by atomic mass is 9.97. The normalized spacial score (nSPS) is 17.0. The van der Waals surface area contributed by atoms with Crippen LogP contribution in [0.25, 0.3) is 0 Å². The van der Waals surface area contributed by atoms with E-state index in [0.717, 1.165) is 24.8 Å². The summed E-state index contributed by atoms with van der Waals surface area (Å²) in [6.07, 6.45) is 4.36. The van der Waals surface area contributed by atoms with Crippen LogP contribution in [0.2, 0.25) is 0 Å². The van der Waals surface area contributed by atoms with Crippen LogP contribution in [0.3, 0.4) is 0 Å². The van der Waals surface area contributed by atoms with Crippen LogP contribution in [-0.2, 0) is 32.5 Å². The Labute approximate surface area is 189 Å². The molecule has 1 aliphatic heterocycles. The predicted octanol–water partition coefficient (Wildman–Crippen LogP) is 3.56. The largest absolute Gasteiger partial charge is 0.326 e. The van der Waals surface area contributed by atoms with E-state index in [1.54, 1.807) is 37.3 Å². The predicted molar refractivity (Wildman–Crippen MR) is 124 cm³/mol. The van der Waals surface area contributed by atoms with Gasteiger partial charge in [0, 0.05) is 36.8 Å². The van der Waals surface area contributed by atoms with E-state index in [1.165, 1.54) is 9.87 Å². The number of rotatable bonds is 6. The van der Waals surface area contributed by atoms with E-state index in [1.807, 2.05) is 12.1 Å². The maximum Gasteiger partial charge on any atom is 0.243 e. The summed E-state index contributed by atoms with van der Waals surface area (Å²) in [6.45, 7) is 2.42. The van der Waals surface area contributed by atoms with Gasteiger partial charge < -0.3 is 10.6 Å². The van der Waals surface area contributed by atoms with E-state index in [9.17, 15) is 18.0 Å². The van der Waals surface area contributed by atoms with Crippen molar-refractivity contribution in [2.24, 2.45) is 5.92 Å². The average molecular weight is 456 g/mol. The van der Waals surface area contributed by atoms with Gasteiger partial charge in [0.25, 0.3) is 0 Å². The Hall–Kier alpha value is -2.71. The Morgan fingerprint density at radius 3 is 2.38 bits per heavy atom. The number of aryl methyl sites for hydroxylation is 2. The fourth-order valence-electron chi connectivity index (χ4n) is 4.38. The molecule has 1 saturated heterocycles. The van der Waals surface area contributed by atoms with Gasteiger partial charge in [-0.05, 0) is 73.6 Å². The highest BCUT2D eigenvalue weighted by molar-refractivity contribution is 7.89. The van der Waals surface area contributed by atoms with Crippen LogP contribution in [0.15, 0.2) is 47.4 Å². The standard InChI is InChI=1S/C24H29N3O4S/c1-2-23(28)25-20-7-4-8-21(16-20)26-24(29)18-11-13-27(14-12-18)32(30,31)22-10-9-17-5-3-6-19(17)15-22/h4,7-10,15-16,18H,2-3,5-6,11-14H2,1H3,(H,25,28)(H,26,29). The fourth-order valence-corrected chi connectivity index (χ4v) is 5.91. The van der Waals surface area contributed by atoms with Crippen molar-refractivity contribution in [2.75, 3.05) is 23.7 Å². The molecule has 2 amide bonds. The molecule has 0 radical (unpaired) electrons. The molecule has 170 valence electrons. The van der Waals surface area contributed by atoms with E-state index in [4.69, 9.17) is 0 Å². The monoisotopic (exact) mass is 455 g/mol. The van der Waals surface area contributed by atoms with Crippen molar-refractivity contribution in [3.8, 4) is 0 Å². The molecule has 2 N–H and O–H groups in total. The molecular formula is C24H29N3O4S. The number of amides is 2. The molecule has 0 aromatic heterocycles. The van der Waals surface area contributed by atoms with Crippen LogP contribution < -0.4 is 10.6 Å². The Morgan fingerprint density at radius 1 is 0.969 bits per heavy atom. The first-order valence-electron chi connectivity index (χ1n) is 11.2. The van der Waals surface area contributed by atoms with Gasteiger partial charge in [0.15, 0.2) is 0 Å². The summed E-state index contributed by atoms with van der Waals surface area (Å²) >= 11 is 0. The van der Waals surface area contributed by atoms with E-state index in [2.05, 4.69) is 10.6 Å². The molecular weight excluding hydrogens is 426 g/mol. The van der Waals surface area contributed by atoms with E-state index in [-0.39, 0.29) is 17.7 Å². The molecule has 1 heterocycles. The van der Waals surface area contributed by atoms with Gasteiger partial charge in [0.2, 0.25) is 21.8 Å². The molecule has 2 aromatic rings. The van der Waals surface area contributed by atoms with Crippen molar-refractivity contribution in [3.05, 3.63) is 53.6 Å². The van der Waals surface area contributed by atoms with Gasteiger partial charge >= 0.3 is 0 Å².